The molecule has 1 rings (SSSR count). The Bertz CT molecular complexity index is 386. The molecule has 0 bridgehead atoms. The van der Waals surface area contributed by atoms with Crippen molar-refractivity contribution in [2.45, 2.75) is 13.8 Å². The fraction of sp³-hybridized carbons (Fsp3) is 0.182. The number of hydrogen-bond donors (Lipinski definition) is 0. The SMILES string of the molecule is Cc1cccc(C#CC#N)c1C. The molecule has 0 aliphatic rings. The van der Waals surface area contributed by atoms with E-state index in [-0.39, 0.29) is 0 Å². The van der Waals surface area contributed by atoms with Gasteiger partial charge in [0, 0.05) is 11.5 Å². The molecule has 0 heterocycles. The molecule has 1 aromatic rings. The van der Waals surface area contributed by atoms with Gasteiger partial charge in [0.2, 0.25) is 0 Å². The predicted octanol–water partition coefficient (Wildman–Crippen LogP) is 2.18. The molecule has 1 nitrogen and oxygen atoms in total. The summed E-state index contributed by atoms with van der Waals surface area (Å²) in [4.78, 5) is 0. The minimum Gasteiger partial charge on any atom is -0.183 e. The number of aryl methyl sites for hydroxylation is 1. The van der Waals surface area contributed by atoms with Gasteiger partial charge < -0.3 is 0 Å². The standard InChI is InChI=1S/C11H9N/c1-9-5-3-6-11(10(9)2)7-4-8-12/h3,5-6H,1-2H3. The molecule has 0 radical (unpaired) electrons. The van der Waals surface area contributed by atoms with Gasteiger partial charge in [0.25, 0.3) is 0 Å². The third-order valence-corrected chi connectivity index (χ3v) is 1.86. The van der Waals surface area contributed by atoms with E-state index in [0.717, 1.165) is 11.1 Å². The summed E-state index contributed by atoms with van der Waals surface area (Å²) >= 11 is 0. The molecule has 0 saturated heterocycles. The first-order valence-corrected chi connectivity index (χ1v) is 3.72. The van der Waals surface area contributed by atoms with Crippen LogP contribution in [0.5, 0.6) is 0 Å². The topological polar surface area (TPSA) is 23.8 Å². The number of rotatable bonds is 0. The largest absolute Gasteiger partial charge is 0.183 e. The fourth-order valence-corrected chi connectivity index (χ4v) is 0.982. The van der Waals surface area contributed by atoms with Crippen molar-refractivity contribution in [3.8, 4) is 17.9 Å². The van der Waals surface area contributed by atoms with Crippen molar-refractivity contribution in [1.29, 1.82) is 5.26 Å². The van der Waals surface area contributed by atoms with Gasteiger partial charge >= 0.3 is 0 Å². The first-order valence-electron chi connectivity index (χ1n) is 3.72. The molecule has 0 spiro atoms. The first-order chi connectivity index (χ1) is 5.75. The highest BCUT2D eigenvalue weighted by Crippen LogP contribution is 2.10. The Morgan fingerprint density at radius 1 is 1.25 bits per heavy atom. The minimum absolute atomic E-state index is 0.941. The number of nitriles is 1. The molecular formula is C11H9N. The average molecular weight is 155 g/mol. The zero-order valence-corrected chi connectivity index (χ0v) is 7.18. The van der Waals surface area contributed by atoms with E-state index in [9.17, 15) is 0 Å². The maximum absolute atomic E-state index is 8.26. The summed E-state index contributed by atoms with van der Waals surface area (Å²) in [5.74, 6) is 5.18. The molecule has 0 amide bonds. The Morgan fingerprint density at radius 3 is 2.67 bits per heavy atom. The quantitative estimate of drug-likeness (QED) is 0.527. The van der Waals surface area contributed by atoms with Crippen LogP contribution in [0.4, 0.5) is 0 Å². The van der Waals surface area contributed by atoms with Gasteiger partial charge in [-0.15, -0.1) is 0 Å². The summed E-state index contributed by atoms with van der Waals surface area (Å²) in [7, 11) is 0. The Labute approximate surface area is 72.6 Å². The highest BCUT2D eigenvalue weighted by molar-refractivity contribution is 5.45. The summed E-state index contributed by atoms with van der Waals surface area (Å²) in [6.45, 7) is 4.05. The molecule has 1 aromatic carbocycles. The molecule has 0 aliphatic carbocycles. The molecule has 0 fully saturated rings. The lowest BCUT2D eigenvalue weighted by atomic mass is 10.0. The van der Waals surface area contributed by atoms with Crippen LogP contribution in [0.2, 0.25) is 0 Å². The van der Waals surface area contributed by atoms with Gasteiger partial charge in [-0.3, -0.25) is 0 Å². The Hall–Kier alpha value is -1.73. The van der Waals surface area contributed by atoms with Gasteiger partial charge in [-0.05, 0) is 31.0 Å². The van der Waals surface area contributed by atoms with E-state index >= 15 is 0 Å². The zero-order valence-electron chi connectivity index (χ0n) is 7.18. The van der Waals surface area contributed by atoms with Crippen LogP contribution in [0.3, 0.4) is 0 Å². The molecular weight excluding hydrogens is 146 g/mol. The lowest BCUT2D eigenvalue weighted by molar-refractivity contribution is 1.32. The molecule has 0 aliphatic heterocycles. The van der Waals surface area contributed by atoms with E-state index in [1.54, 1.807) is 6.07 Å². The van der Waals surface area contributed by atoms with Gasteiger partial charge in [0.15, 0.2) is 6.07 Å². The normalized spacial score (nSPS) is 8.08. The average Bonchev–Trinajstić information content (AvgIpc) is 2.08. The molecule has 58 valence electrons. The van der Waals surface area contributed by atoms with E-state index in [2.05, 4.69) is 11.8 Å². The van der Waals surface area contributed by atoms with E-state index in [4.69, 9.17) is 5.26 Å². The van der Waals surface area contributed by atoms with E-state index in [1.165, 1.54) is 5.56 Å². The van der Waals surface area contributed by atoms with Crippen molar-refractivity contribution in [2.24, 2.45) is 0 Å². The second-order valence-corrected chi connectivity index (χ2v) is 2.61. The predicted molar refractivity (Wildman–Crippen MR) is 48.4 cm³/mol. The van der Waals surface area contributed by atoms with Crippen LogP contribution in [0.1, 0.15) is 16.7 Å². The Kier molecular flexibility index (Phi) is 2.51. The van der Waals surface area contributed by atoms with Crippen LogP contribution >= 0.6 is 0 Å². The third kappa shape index (κ3) is 1.65. The van der Waals surface area contributed by atoms with E-state index < -0.39 is 0 Å². The summed E-state index contributed by atoms with van der Waals surface area (Å²) in [6, 6.07) is 7.71. The summed E-state index contributed by atoms with van der Waals surface area (Å²) in [6.07, 6.45) is 0. The van der Waals surface area contributed by atoms with Crippen molar-refractivity contribution < 1.29 is 0 Å². The van der Waals surface area contributed by atoms with Crippen LogP contribution in [0.15, 0.2) is 18.2 Å². The number of hydrogen-bond acceptors (Lipinski definition) is 1. The fourth-order valence-electron chi connectivity index (χ4n) is 0.982. The lowest BCUT2D eigenvalue weighted by Gasteiger charge is -2.00. The number of benzene rings is 1. The second-order valence-electron chi connectivity index (χ2n) is 2.61. The maximum Gasteiger partial charge on any atom is 0.152 e. The van der Waals surface area contributed by atoms with E-state index in [0.29, 0.717) is 0 Å². The molecule has 0 aromatic heterocycles. The van der Waals surface area contributed by atoms with E-state index in [1.807, 2.05) is 32.0 Å². The lowest BCUT2D eigenvalue weighted by Crippen LogP contribution is -1.85. The second kappa shape index (κ2) is 3.60. The molecule has 0 unspecified atom stereocenters. The van der Waals surface area contributed by atoms with Gasteiger partial charge in [0.05, 0.1) is 0 Å². The van der Waals surface area contributed by atoms with Crippen LogP contribution in [0.25, 0.3) is 0 Å². The van der Waals surface area contributed by atoms with Crippen molar-refractivity contribution in [3.63, 3.8) is 0 Å². The van der Waals surface area contributed by atoms with Crippen molar-refractivity contribution in [1.82, 2.24) is 0 Å². The first kappa shape index (κ1) is 8.37. The molecule has 0 atom stereocenters. The van der Waals surface area contributed by atoms with Gasteiger partial charge in [-0.25, -0.2) is 0 Å². The minimum atomic E-state index is 0.941. The van der Waals surface area contributed by atoms with Crippen LogP contribution in [0, 0.1) is 37.0 Å². The van der Waals surface area contributed by atoms with Crippen LogP contribution in [-0.4, -0.2) is 0 Å². The number of nitrogens with zero attached hydrogens (tertiary/aromatic N) is 1. The van der Waals surface area contributed by atoms with Crippen molar-refractivity contribution >= 4 is 0 Å². The summed E-state index contributed by atoms with van der Waals surface area (Å²) in [5, 5.41) is 8.26. The monoisotopic (exact) mass is 155 g/mol. The molecule has 1 heteroatoms. The third-order valence-electron chi connectivity index (χ3n) is 1.86. The molecule has 12 heavy (non-hydrogen) atoms. The van der Waals surface area contributed by atoms with Crippen molar-refractivity contribution in [3.05, 3.63) is 34.9 Å². The Morgan fingerprint density at radius 2 is 2.00 bits per heavy atom. The Balaban J connectivity index is 3.19. The maximum atomic E-state index is 8.26. The van der Waals surface area contributed by atoms with Gasteiger partial charge in [0.1, 0.15) is 0 Å². The highest BCUT2D eigenvalue weighted by Gasteiger charge is 1.95. The van der Waals surface area contributed by atoms with Crippen molar-refractivity contribution in [2.75, 3.05) is 0 Å². The van der Waals surface area contributed by atoms with Crippen LogP contribution < -0.4 is 0 Å². The molecule has 0 N–H and O–H groups in total. The highest BCUT2D eigenvalue weighted by atomic mass is 14.2. The smallest absolute Gasteiger partial charge is 0.152 e. The van der Waals surface area contributed by atoms with Gasteiger partial charge in [-0.2, -0.15) is 5.26 Å². The van der Waals surface area contributed by atoms with Crippen LogP contribution in [-0.2, 0) is 0 Å². The van der Waals surface area contributed by atoms with Gasteiger partial charge in [-0.1, -0.05) is 18.1 Å². The summed E-state index contributed by atoms with van der Waals surface area (Å²) < 4.78 is 0. The summed E-state index contributed by atoms with van der Waals surface area (Å²) in [5.41, 5.74) is 3.30. The molecule has 0 saturated carbocycles. The zero-order chi connectivity index (χ0) is 8.97.